The average Bonchev–Trinajstić information content (AvgIpc) is 1.78. The van der Waals surface area contributed by atoms with E-state index in [2.05, 4.69) is 5.32 Å². The van der Waals surface area contributed by atoms with E-state index >= 15 is 0 Å². The Kier molecular flexibility index (Phi) is 4.54. The lowest BCUT2D eigenvalue weighted by Gasteiger charge is -2.00. The molecule has 62 valence electrons. The van der Waals surface area contributed by atoms with Crippen molar-refractivity contribution in [2.24, 2.45) is 0 Å². The van der Waals surface area contributed by atoms with Gasteiger partial charge in [0.2, 0.25) is 0 Å². The summed E-state index contributed by atoms with van der Waals surface area (Å²) in [4.78, 5) is 0. The van der Waals surface area contributed by atoms with Gasteiger partial charge in [0.25, 0.3) is 0 Å². The van der Waals surface area contributed by atoms with Gasteiger partial charge in [-0.1, -0.05) is 6.92 Å². The molecule has 0 aromatic rings. The van der Waals surface area contributed by atoms with Crippen LogP contribution in [0.15, 0.2) is 0 Å². The van der Waals surface area contributed by atoms with Gasteiger partial charge >= 0.3 is 10.3 Å². The standard InChI is InChI=1S/C4H12N2O3S/c1-2-5-3-4-6-10(7,8)9/h5-6H,2-4H2,1H3,(H,7,8,9). The second kappa shape index (κ2) is 4.62. The summed E-state index contributed by atoms with van der Waals surface area (Å²) in [5, 5.41) is 2.88. The fraction of sp³-hybridized carbons (Fsp3) is 1.00. The zero-order chi connectivity index (χ0) is 8.04. The second-order valence-electron chi connectivity index (χ2n) is 1.72. The molecule has 0 aliphatic rings. The van der Waals surface area contributed by atoms with Gasteiger partial charge in [0.15, 0.2) is 0 Å². The van der Waals surface area contributed by atoms with Crippen LogP contribution in [-0.4, -0.2) is 32.6 Å². The first kappa shape index (κ1) is 9.83. The lowest BCUT2D eigenvalue weighted by molar-refractivity contribution is 0.466. The summed E-state index contributed by atoms with van der Waals surface area (Å²) in [5.74, 6) is 0. The van der Waals surface area contributed by atoms with E-state index in [1.165, 1.54) is 0 Å². The van der Waals surface area contributed by atoms with Gasteiger partial charge in [-0.05, 0) is 6.54 Å². The normalized spacial score (nSPS) is 11.8. The lowest BCUT2D eigenvalue weighted by atomic mass is 10.6. The van der Waals surface area contributed by atoms with Crippen molar-refractivity contribution in [3.8, 4) is 0 Å². The first-order chi connectivity index (χ1) is 4.56. The Bertz CT molecular complexity index is 165. The molecule has 0 aromatic heterocycles. The maximum Gasteiger partial charge on any atom is 0.333 e. The maximum absolute atomic E-state index is 10.0. The topological polar surface area (TPSA) is 78.4 Å². The molecule has 0 atom stereocenters. The summed E-state index contributed by atoms with van der Waals surface area (Å²) in [7, 11) is -3.99. The quantitative estimate of drug-likeness (QED) is 0.363. The molecule has 0 saturated heterocycles. The molecule has 0 heterocycles. The molecule has 0 unspecified atom stereocenters. The van der Waals surface area contributed by atoms with Crippen molar-refractivity contribution in [2.75, 3.05) is 19.6 Å². The van der Waals surface area contributed by atoms with Crippen LogP contribution >= 0.6 is 0 Å². The van der Waals surface area contributed by atoms with Crippen LogP contribution in [0.25, 0.3) is 0 Å². The van der Waals surface area contributed by atoms with Crippen LogP contribution in [0.1, 0.15) is 6.92 Å². The molecule has 0 aromatic carbocycles. The summed E-state index contributed by atoms with van der Waals surface area (Å²) in [6, 6.07) is 0. The zero-order valence-electron chi connectivity index (χ0n) is 5.79. The van der Waals surface area contributed by atoms with E-state index in [1.807, 2.05) is 11.6 Å². The van der Waals surface area contributed by atoms with Crippen LogP contribution in [-0.2, 0) is 10.3 Å². The van der Waals surface area contributed by atoms with Crippen molar-refractivity contribution in [2.45, 2.75) is 6.92 Å². The number of rotatable bonds is 5. The van der Waals surface area contributed by atoms with E-state index < -0.39 is 10.3 Å². The Morgan fingerprint density at radius 1 is 1.40 bits per heavy atom. The summed E-state index contributed by atoms with van der Waals surface area (Å²) in [6.07, 6.45) is 0. The number of likely N-dealkylation sites (N-methyl/N-ethyl adjacent to an activating group) is 1. The molecule has 10 heavy (non-hydrogen) atoms. The van der Waals surface area contributed by atoms with Crippen molar-refractivity contribution < 1.29 is 13.0 Å². The van der Waals surface area contributed by atoms with Gasteiger partial charge < -0.3 is 5.32 Å². The van der Waals surface area contributed by atoms with E-state index in [1.54, 1.807) is 0 Å². The molecule has 0 fully saturated rings. The molecule has 0 rings (SSSR count). The maximum atomic E-state index is 10.0. The van der Waals surface area contributed by atoms with Gasteiger partial charge in [-0.15, -0.1) is 0 Å². The number of hydrogen-bond donors (Lipinski definition) is 3. The molecular formula is C4H12N2O3S. The minimum atomic E-state index is -3.99. The van der Waals surface area contributed by atoms with Crippen LogP contribution in [0.3, 0.4) is 0 Å². The lowest BCUT2D eigenvalue weighted by Crippen LogP contribution is -2.31. The first-order valence-corrected chi connectivity index (χ1v) is 4.43. The molecular weight excluding hydrogens is 156 g/mol. The summed E-state index contributed by atoms with van der Waals surface area (Å²) < 4.78 is 30.1. The van der Waals surface area contributed by atoms with Gasteiger partial charge in [-0.25, -0.2) is 0 Å². The molecule has 6 heteroatoms. The summed E-state index contributed by atoms with van der Waals surface area (Å²) >= 11 is 0. The number of hydrogen-bond acceptors (Lipinski definition) is 3. The fourth-order valence-electron chi connectivity index (χ4n) is 0.445. The van der Waals surface area contributed by atoms with Crippen molar-refractivity contribution in [3.63, 3.8) is 0 Å². The van der Waals surface area contributed by atoms with Crippen molar-refractivity contribution in [3.05, 3.63) is 0 Å². The molecule has 3 N–H and O–H groups in total. The molecule has 0 saturated carbocycles. The zero-order valence-corrected chi connectivity index (χ0v) is 6.61. The van der Waals surface area contributed by atoms with E-state index in [9.17, 15) is 8.42 Å². The van der Waals surface area contributed by atoms with Crippen molar-refractivity contribution in [1.29, 1.82) is 0 Å². The molecule has 0 bridgehead atoms. The minimum absolute atomic E-state index is 0.215. The van der Waals surface area contributed by atoms with Crippen LogP contribution < -0.4 is 10.0 Å². The highest BCUT2D eigenvalue weighted by molar-refractivity contribution is 7.83. The monoisotopic (exact) mass is 168 g/mol. The van der Waals surface area contributed by atoms with E-state index in [0.717, 1.165) is 6.54 Å². The second-order valence-corrected chi connectivity index (χ2v) is 2.96. The largest absolute Gasteiger partial charge is 0.333 e. The average molecular weight is 168 g/mol. The third-order valence-corrected chi connectivity index (χ3v) is 1.41. The van der Waals surface area contributed by atoms with Crippen LogP contribution in [0.2, 0.25) is 0 Å². The molecule has 0 radical (unpaired) electrons. The Morgan fingerprint density at radius 2 is 2.00 bits per heavy atom. The Hall–Kier alpha value is -0.170. The van der Waals surface area contributed by atoms with Crippen molar-refractivity contribution in [1.82, 2.24) is 10.0 Å². The van der Waals surface area contributed by atoms with Gasteiger partial charge in [0.05, 0.1) is 0 Å². The smallest absolute Gasteiger partial charge is 0.316 e. The Morgan fingerprint density at radius 3 is 2.40 bits per heavy atom. The molecule has 0 aliphatic carbocycles. The Labute approximate surface area is 60.7 Å². The first-order valence-electron chi connectivity index (χ1n) is 2.99. The third-order valence-electron chi connectivity index (χ3n) is 0.836. The minimum Gasteiger partial charge on any atom is -0.316 e. The molecule has 5 nitrogen and oxygen atoms in total. The summed E-state index contributed by atoms with van der Waals surface area (Å²) in [5.41, 5.74) is 0. The van der Waals surface area contributed by atoms with Gasteiger partial charge in [0, 0.05) is 13.1 Å². The SMILES string of the molecule is CCNCCNS(=O)(=O)O. The highest BCUT2D eigenvalue weighted by Gasteiger charge is 1.98. The van der Waals surface area contributed by atoms with Crippen molar-refractivity contribution >= 4 is 10.3 Å². The van der Waals surface area contributed by atoms with Gasteiger partial charge in [0.1, 0.15) is 0 Å². The predicted molar refractivity (Wildman–Crippen MR) is 38.1 cm³/mol. The van der Waals surface area contributed by atoms with E-state index in [0.29, 0.717) is 6.54 Å². The number of nitrogens with one attached hydrogen (secondary N) is 2. The summed E-state index contributed by atoms with van der Waals surface area (Å²) in [6.45, 7) is 3.43. The fourth-order valence-corrected chi connectivity index (χ4v) is 0.805. The molecule has 0 spiro atoms. The third kappa shape index (κ3) is 7.83. The molecule has 0 amide bonds. The van der Waals surface area contributed by atoms with E-state index in [4.69, 9.17) is 4.55 Å². The molecule has 0 aliphatic heterocycles. The highest BCUT2D eigenvalue weighted by atomic mass is 32.2. The predicted octanol–water partition coefficient (Wildman–Crippen LogP) is -1.01. The van der Waals surface area contributed by atoms with Gasteiger partial charge in [-0.3, -0.25) is 4.55 Å². The van der Waals surface area contributed by atoms with Crippen LogP contribution in [0.5, 0.6) is 0 Å². The van der Waals surface area contributed by atoms with Crippen LogP contribution in [0, 0.1) is 0 Å². The van der Waals surface area contributed by atoms with E-state index in [-0.39, 0.29) is 6.54 Å². The highest BCUT2D eigenvalue weighted by Crippen LogP contribution is 1.69. The Balaban J connectivity index is 3.21. The van der Waals surface area contributed by atoms with Gasteiger partial charge in [-0.2, -0.15) is 13.1 Å². The van der Waals surface area contributed by atoms with Crippen LogP contribution in [0.4, 0.5) is 0 Å².